The molecule has 0 radical (unpaired) electrons. The average Bonchev–Trinajstić information content (AvgIpc) is 3.28. The van der Waals surface area contributed by atoms with E-state index in [0.29, 0.717) is 29.4 Å². The quantitative estimate of drug-likeness (QED) is 0.708. The number of nitrogens with zero attached hydrogens (tertiary/aromatic N) is 2. The van der Waals surface area contributed by atoms with E-state index in [9.17, 15) is 9.59 Å². The summed E-state index contributed by atoms with van der Waals surface area (Å²) in [5.41, 5.74) is 3.53. The van der Waals surface area contributed by atoms with Crippen LogP contribution in [0.4, 0.5) is 5.69 Å². The predicted molar refractivity (Wildman–Crippen MR) is 108 cm³/mol. The Labute approximate surface area is 167 Å². The Balaban J connectivity index is 1.54. The van der Waals surface area contributed by atoms with Crippen molar-refractivity contribution in [1.82, 2.24) is 15.1 Å². The molecule has 0 unspecified atom stereocenters. The van der Waals surface area contributed by atoms with Gasteiger partial charge in [-0.25, -0.2) is 4.68 Å². The van der Waals surface area contributed by atoms with Gasteiger partial charge in [-0.1, -0.05) is 35.9 Å². The van der Waals surface area contributed by atoms with Gasteiger partial charge in [-0.2, -0.15) is 5.10 Å². The lowest BCUT2D eigenvalue weighted by Gasteiger charge is -2.10. The van der Waals surface area contributed by atoms with Gasteiger partial charge < -0.3 is 10.6 Å². The van der Waals surface area contributed by atoms with Gasteiger partial charge in [-0.3, -0.25) is 9.59 Å². The number of benzene rings is 2. The number of para-hydroxylation sites is 1. The Hall–Kier alpha value is -3.12. The normalized spacial score (nSPS) is 16.1. The first kappa shape index (κ1) is 18.3. The summed E-state index contributed by atoms with van der Waals surface area (Å²) in [5.74, 6) is -0.113. The zero-order valence-corrected chi connectivity index (χ0v) is 16.0. The van der Waals surface area contributed by atoms with Crippen molar-refractivity contribution in [1.29, 1.82) is 0 Å². The molecule has 28 heavy (non-hydrogen) atoms. The molecule has 7 heteroatoms. The second-order valence-corrected chi connectivity index (χ2v) is 7.23. The van der Waals surface area contributed by atoms with Crippen molar-refractivity contribution in [2.75, 3.05) is 11.9 Å². The highest BCUT2D eigenvalue weighted by Gasteiger charge is 2.23. The van der Waals surface area contributed by atoms with Crippen LogP contribution >= 0.6 is 11.6 Å². The monoisotopic (exact) mass is 394 g/mol. The molecule has 0 aliphatic carbocycles. The highest BCUT2D eigenvalue weighted by molar-refractivity contribution is 6.32. The molecule has 142 valence electrons. The molecule has 2 heterocycles. The van der Waals surface area contributed by atoms with Gasteiger partial charge in [0.05, 0.1) is 10.7 Å². The van der Waals surface area contributed by atoms with Gasteiger partial charge in [0.1, 0.15) is 0 Å². The number of amides is 2. The molecular formula is C21H19ClN4O2. The Morgan fingerprint density at radius 3 is 2.79 bits per heavy atom. The summed E-state index contributed by atoms with van der Waals surface area (Å²) in [6.45, 7) is 2.50. The van der Waals surface area contributed by atoms with E-state index in [1.807, 2.05) is 49.4 Å². The maximum Gasteiger partial charge on any atom is 0.276 e. The largest absolute Gasteiger partial charge is 0.355 e. The molecule has 1 fully saturated rings. The standard InChI is InChI=1S/C21H19ClN4O2/c1-13-9-18(25-26(13)19-8-3-2-7-17(19)22)21(28)24-16-6-4-5-14(10-16)15-11-20(27)23-12-15/h2-10,15H,11-12H2,1H3,(H,23,27)(H,24,28)/t15-/m0/s1. The third-order valence-electron chi connectivity index (χ3n) is 4.79. The molecule has 0 spiro atoms. The summed E-state index contributed by atoms with van der Waals surface area (Å²) in [6.07, 6.45) is 0.471. The van der Waals surface area contributed by atoms with Crippen LogP contribution in [0.25, 0.3) is 5.69 Å². The van der Waals surface area contributed by atoms with Crippen molar-refractivity contribution in [2.45, 2.75) is 19.3 Å². The number of anilines is 1. The molecule has 2 N–H and O–H groups in total. The number of carbonyl (C=O) groups excluding carboxylic acids is 2. The lowest BCUT2D eigenvalue weighted by Crippen LogP contribution is -2.14. The molecule has 1 aliphatic rings. The lowest BCUT2D eigenvalue weighted by atomic mass is 9.98. The van der Waals surface area contributed by atoms with E-state index >= 15 is 0 Å². The van der Waals surface area contributed by atoms with Crippen LogP contribution in [0.3, 0.4) is 0 Å². The van der Waals surface area contributed by atoms with E-state index in [1.165, 1.54) is 0 Å². The van der Waals surface area contributed by atoms with Gasteiger partial charge in [0, 0.05) is 30.3 Å². The van der Waals surface area contributed by atoms with Crippen molar-refractivity contribution in [3.05, 3.63) is 76.6 Å². The fourth-order valence-electron chi connectivity index (χ4n) is 3.36. The van der Waals surface area contributed by atoms with Crippen LogP contribution in [0.2, 0.25) is 5.02 Å². The third kappa shape index (κ3) is 3.64. The number of nitrogens with one attached hydrogen (secondary N) is 2. The summed E-state index contributed by atoms with van der Waals surface area (Å²) in [5, 5.41) is 10.7. The molecule has 1 aliphatic heterocycles. The number of aromatic nitrogens is 2. The van der Waals surface area contributed by atoms with Crippen LogP contribution in [0, 0.1) is 6.92 Å². The highest BCUT2D eigenvalue weighted by Crippen LogP contribution is 2.26. The molecule has 0 bridgehead atoms. The number of hydrogen-bond donors (Lipinski definition) is 2. The lowest BCUT2D eigenvalue weighted by molar-refractivity contribution is -0.119. The highest BCUT2D eigenvalue weighted by atomic mass is 35.5. The van der Waals surface area contributed by atoms with E-state index in [-0.39, 0.29) is 17.7 Å². The number of carbonyl (C=O) groups is 2. The van der Waals surface area contributed by atoms with Crippen molar-refractivity contribution >= 4 is 29.1 Å². The topological polar surface area (TPSA) is 76.0 Å². The van der Waals surface area contributed by atoms with Crippen LogP contribution in [0.15, 0.2) is 54.6 Å². The SMILES string of the molecule is Cc1cc(C(=O)Nc2cccc([C@@H]3CNC(=O)C3)c2)nn1-c1ccccc1Cl. The van der Waals surface area contributed by atoms with Crippen LogP contribution in [0.5, 0.6) is 0 Å². The molecule has 6 nitrogen and oxygen atoms in total. The zero-order valence-electron chi connectivity index (χ0n) is 15.3. The van der Waals surface area contributed by atoms with E-state index in [1.54, 1.807) is 16.8 Å². The summed E-state index contributed by atoms with van der Waals surface area (Å²) in [4.78, 5) is 24.1. The van der Waals surface area contributed by atoms with Gasteiger partial charge in [0.2, 0.25) is 5.91 Å². The number of hydrogen-bond acceptors (Lipinski definition) is 3. The number of rotatable bonds is 4. The summed E-state index contributed by atoms with van der Waals surface area (Å²) in [7, 11) is 0. The maximum atomic E-state index is 12.7. The van der Waals surface area contributed by atoms with E-state index in [2.05, 4.69) is 15.7 Å². The molecule has 1 atom stereocenters. The van der Waals surface area contributed by atoms with Gasteiger partial charge >= 0.3 is 0 Å². The average molecular weight is 395 g/mol. The minimum absolute atomic E-state index is 0.0556. The van der Waals surface area contributed by atoms with E-state index < -0.39 is 0 Å². The smallest absolute Gasteiger partial charge is 0.276 e. The Bertz CT molecular complexity index is 1060. The second-order valence-electron chi connectivity index (χ2n) is 6.82. The van der Waals surface area contributed by atoms with Crippen LogP contribution in [0.1, 0.15) is 34.1 Å². The molecule has 1 saturated heterocycles. The van der Waals surface area contributed by atoms with E-state index in [4.69, 9.17) is 11.6 Å². The molecule has 2 amide bonds. The molecule has 4 rings (SSSR count). The summed E-state index contributed by atoms with van der Waals surface area (Å²) < 4.78 is 1.66. The number of aryl methyl sites for hydroxylation is 1. The second kappa shape index (κ2) is 7.48. The first-order chi connectivity index (χ1) is 13.5. The van der Waals surface area contributed by atoms with Crippen LogP contribution < -0.4 is 10.6 Å². The molecule has 1 aromatic heterocycles. The first-order valence-electron chi connectivity index (χ1n) is 9.01. The molecule has 2 aromatic carbocycles. The van der Waals surface area contributed by atoms with Gasteiger partial charge in [-0.15, -0.1) is 0 Å². The minimum Gasteiger partial charge on any atom is -0.355 e. The third-order valence-corrected chi connectivity index (χ3v) is 5.11. The van der Waals surface area contributed by atoms with E-state index in [0.717, 1.165) is 16.9 Å². The minimum atomic E-state index is -0.299. The van der Waals surface area contributed by atoms with Gasteiger partial charge in [-0.05, 0) is 42.8 Å². The predicted octanol–water partition coefficient (Wildman–Crippen LogP) is 3.69. The molecule has 3 aromatic rings. The fourth-order valence-corrected chi connectivity index (χ4v) is 3.57. The number of halogens is 1. The fraction of sp³-hybridized carbons (Fsp3) is 0.190. The summed E-state index contributed by atoms with van der Waals surface area (Å²) >= 11 is 6.25. The van der Waals surface area contributed by atoms with Gasteiger partial charge in [0.25, 0.3) is 5.91 Å². The van der Waals surface area contributed by atoms with Crippen LogP contribution in [-0.4, -0.2) is 28.1 Å². The summed E-state index contributed by atoms with van der Waals surface area (Å²) in [6, 6.07) is 16.6. The van der Waals surface area contributed by atoms with Crippen LogP contribution in [-0.2, 0) is 4.79 Å². The Morgan fingerprint density at radius 1 is 1.21 bits per heavy atom. The van der Waals surface area contributed by atoms with Crippen molar-refractivity contribution in [2.24, 2.45) is 0 Å². The van der Waals surface area contributed by atoms with Crippen molar-refractivity contribution < 1.29 is 9.59 Å². The van der Waals surface area contributed by atoms with Gasteiger partial charge in [0.15, 0.2) is 5.69 Å². The van der Waals surface area contributed by atoms with Crippen molar-refractivity contribution in [3.8, 4) is 5.69 Å². The first-order valence-corrected chi connectivity index (χ1v) is 9.38. The zero-order chi connectivity index (χ0) is 19.7. The molecular weight excluding hydrogens is 376 g/mol. The molecule has 0 saturated carbocycles. The maximum absolute atomic E-state index is 12.7. The van der Waals surface area contributed by atoms with Crippen molar-refractivity contribution in [3.63, 3.8) is 0 Å². The Morgan fingerprint density at radius 2 is 2.04 bits per heavy atom. The Kier molecular flexibility index (Phi) is 4.88.